The first kappa shape index (κ1) is 22.4. The van der Waals surface area contributed by atoms with E-state index in [2.05, 4.69) is 51.2 Å². The van der Waals surface area contributed by atoms with Crippen LogP contribution in [0.1, 0.15) is 16.7 Å². The van der Waals surface area contributed by atoms with Gasteiger partial charge in [-0.05, 0) is 30.2 Å². The number of benzene rings is 2. The molecule has 0 unspecified atom stereocenters. The Kier molecular flexibility index (Phi) is 6.02. The normalized spacial score (nSPS) is 14.7. The van der Waals surface area contributed by atoms with Gasteiger partial charge in [0.1, 0.15) is 0 Å². The highest BCUT2D eigenvalue weighted by atomic mass is 35.5. The zero-order valence-electron chi connectivity index (χ0n) is 19.3. The van der Waals surface area contributed by atoms with Crippen molar-refractivity contribution in [2.24, 2.45) is 7.05 Å². The highest BCUT2D eigenvalue weighted by Gasteiger charge is 2.25. The van der Waals surface area contributed by atoms with Gasteiger partial charge in [0.25, 0.3) is 5.56 Å². The quantitative estimate of drug-likeness (QED) is 0.477. The summed E-state index contributed by atoms with van der Waals surface area (Å²) in [5.41, 5.74) is 3.42. The van der Waals surface area contributed by atoms with Crippen molar-refractivity contribution >= 4 is 28.7 Å². The first-order chi connectivity index (χ1) is 16.4. The Bertz CT molecular complexity index is 1430. The van der Waals surface area contributed by atoms with Crippen LogP contribution in [0.15, 0.2) is 58.1 Å². The molecule has 0 radical (unpaired) electrons. The number of fused-ring (bicyclic) bond motifs is 1. The summed E-state index contributed by atoms with van der Waals surface area (Å²) in [6.07, 6.45) is 0. The molecule has 0 atom stereocenters. The number of anilines is 1. The lowest BCUT2D eigenvalue weighted by molar-refractivity contribution is 0.248. The first-order valence-electron chi connectivity index (χ1n) is 11.4. The zero-order valence-corrected chi connectivity index (χ0v) is 20.0. The fourth-order valence-corrected chi connectivity index (χ4v) is 4.57. The molecule has 2 aromatic carbocycles. The molecule has 1 N–H and O–H groups in total. The van der Waals surface area contributed by atoms with Crippen LogP contribution in [0.5, 0.6) is 0 Å². The summed E-state index contributed by atoms with van der Waals surface area (Å²) in [5.74, 6) is 0.716. The Labute approximate surface area is 202 Å². The number of H-pyrrole nitrogens is 1. The van der Waals surface area contributed by atoms with Crippen molar-refractivity contribution in [3.8, 4) is 0 Å². The van der Waals surface area contributed by atoms with Gasteiger partial charge in [0, 0.05) is 44.8 Å². The van der Waals surface area contributed by atoms with Gasteiger partial charge >= 0.3 is 5.69 Å². The summed E-state index contributed by atoms with van der Waals surface area (Å²) in [6, 6.07) is 16.2. The Morgan fingerprint density at radius 2 is 1.53 bits per heavy atom. The Hall–Kier alpha value is -3.36. The molecule has 34 heavy (non-hydrogen) atoms. The molecule has 0 bridgehead atoms. The Balaban J connectivity index is 1.45. The van der Waals surface area contributed by atoms with Crippen molar-refractivity contribution in [3.63, 3.8) is 0 Å². The molecule has 4 aromatic rings. The van der Waals surface area contributed by atoms with Crippen LogP contribution in [-0.4, -0.2) is 50.2 Å². The summed E-state index contributed by atoms with van der Waals surface area (Å²) in [5, 5.41) is 0.741. The number of halogens is 1. The van der Waals surface area contributed by atoms with E-state index in [-0.39, 0.29) is 0 Å². The molecule has 176 valence electrons. The van der Waals surface area contributed by atoms with E-state index in [4.69, 9.17) is 16.6 Å². The van der Waals surface area contributed by atoms with E-state index < -0.39 is 11.2 Å². The number of nitrogens with one attached hydrogen (secondary N) is 1. The lowest BCUT2D eigenvalue weighted by atomic mass is 10.1. The largest absolute Gasteiger partial charge is 0.340 e. The van der Waals surface area contributed by atoms with Gasteiger partial charge in [-0.3, -0.25) is 23.8 Å². The maximum Gasteiger partial charge on any atom is 0.329 e. The molecular formula is C25H27ClN6O2. The molecular weight excluding hydrogens is 452 g/mol. The maximum absolute atomic E-state index is 12.8. The SMILES string of the molecule is Cc1ccc(Cn2c(N3CCN(Cc4ccc(Cl)cc4)CC3)nc3c2c(=O)[nH]c(=O)n3C)cc1. The van der Waals surface area contributed by atoms with Gasteiger partial charge in [-0.15, -0.1) is 0 Å². The van der Waals surface area contributed by atoms with Crippen molar-refractivity contribution in [1.29, 1.82) is 0 Å². The summed E-state index contributed by atoms with van der Waals surface area (Å²) < 4.78 is 3.34. The second-order valence-electron chi connectivity index (χ2n) is 8.86. The molecule has 1 saturated heterocycles. The van der Waals surface area contributed by atoms with Gasteiger partial charge in [-0.1, -0.05) is 53.6 Å². The molecule has 8 nitrogen and oxygen atoms in total. The Morgan fingerprint density at radius 3 is 2.21 bits per heavy atom. The van der Waals surface area contributed by atoms with Crippen LogP contribution in [0.2, 0.25) is 5.02 Å². The lowest BCUT2D eigenvalue weighted by Crippen LogP contribution is -2.46. The number of nitrogens with zero attached hydrogens (tertiary/aromatic N) is 5. The lowest BCUT2D eigenvalue weighted by Gasteiger charge is -2.35. The molecule has 1 fully saturated rings. The fraction of sp³-hybridized carbons (Fsp3) is 0.320. The molecule has 1 aliphatic heterocycles. The zero-order chi connectivity index (χ0) is 23.8. The number of hydrogen-bond donors (Lipinski definition) is 1. The minimum Gasteiger partial charge on any atom is -0.340 e. The number of aromatic amines is 1. The summed E-state index contributed by atoms with van der Waals surface area (Å²) in [6.45, 7) is 6.69. The van der Waals surface area contributed by atoms with E-state index in [1.54, 1.807) is 7.05 Å². The fourth-order valence-electron chi connectivity index (χ4n) is 4.44. The second kappa shape index (κ2) is 9.12. The number of hydrogen-bond acceptors (Lipinski definition) is 5. The molecule has 0 aliphatic carbocycles. The van der Waals surface area contributed by atoms with Crippen LogP contribution in [0, 0.1) is 6.92 Å². The number of imidazole rings is 1. The summed E-state index contributed by atoms with van der Waals surface area (Å²) in [7, 11) is 1.64. The number of aryl methyl sites for hydroxylation is 2. The average molecular weight is 479 g/mol. The molecule has 5 rings (SSSR count). The second-order valence-corrected chi connectivity index (χ2v) is 9.30. The smallest absolute Gasteiger partial charge is 0.329 e. The molecule has 0 spiro atoms. The minimum absolute atomic E-state index is 0.402. The Morgan fingerprint density at radius 1 is 0.912 bits per heavy atom. The average Bonchev–Trinajstić information content (AvgIpc) is 3.21. The summed E-state index contributed by atoms with van der Waals surface area (Å²) >= 11 is 6.01. The third-order valence-electron chi connectivity index (χ3n) is 6.42. The van der Waals surface area contributed by atoms with Gasteiger partial charge in [0.15, 0.2) is 11.2 Å². The van der Waals surface area contributed by atoms with Crippen LogP contribution >= 0.6 is 11.6 Å². The van der Waals surface area contributed by atoms with Crippen molar-refractivity contribution in [3.05, 3.63) is 91.1 Å². The van der Waals surface area contributed by atoms with Crippen molar-refractivity contribution in [1.82, 2.24) is 24.0 Å². The van der Waals surface area contributed by atoms with E-state index in [9.17, 15) is 9.59 Å². The van der Waals surface area contributed by atoms with Crippen LogP contribution in [0.25, 0.3) is 11.2 Å². The predicted molar refractivity (Wildman–Crippen MR) is 135 cm³/mol. The monoisotopic (exact) mass is 478 g/mol. The van der Waals surface area contributed by atoms with E-state index in [1.807, 2.05) is 23.6 Å². The summed E-state index contributed by atoms with van der Waals surface area (Å²) in [4.78, 5) is 36.9. The van der Waals surface area contributed by atoms with Crippen molar-refractivity contribution < 1.29 is 0 Å². The molecule has 2 aromatic heterocycles. The van der Waals surface area contributed by atoms with E-state index in [1.165, 1.54) is 15.7 Å². The van der Waals surface area contributed by atoms with Gasteiger partial charge in [0.2, 0.25) is 5.95 Å². The van der Waals surface area contributed by atoms with Crippen molar-refractivity contribution in [2.75, 3.05) is 31.1 Å². The highest BCUT2D eigenvalue weighted by molar-refractivity contribution is 6.30. The molecule has 3 heterocycles. The highest BCUT2D eigenvalue weighted by Crippen LogP contribution is 2.23. The third kappa shape index (κ3) is 4.38. The standard InChI is InChI=1S/C25H27ClN6O2/c1-17-3-5-19(6-4-17)16-32-21-22(29(2)25(34)28-23(21)33)27-24(32)31-13-11-30(12-14-31)15-18-7-9-20(26)10-8-18/h3-10H,11-16H2,1-2H3,(H,28,33,34). The third-order valence-corrected chi connectivity index (χ3v) is 6.67. The minimum atomic E-state index is -0.461. The molecule has 0 saturated carbocycles. The van der Waals surface area contributed by atoms with Crippen LogP contribution in [0.3, 0.4) is 0 Å². The van der Waals surface area contributed by atoms with Crippen molar-refractivity contribution in [2.45, 2.75) is 20.0 Å². The van der Waals surface area contributed by atoms with Crippen LogP contribution < -0.4 is 16.1 Å². The first-order valence-corrected chi connectivity index (χ1v) is 11.7. The van der Waals surface area contributed by atoms with Crippen LogP contribution in [0.4, 0.5) is 5.95 Å². The molecule has 0 amide bonds. The number of rotatable bonds is 5. The predicted octanol–water partition coefficient (Wildman–Crippen LogP) is 2.76. The van der Waals surface area contributed by atoms with E-state index in [0.717, 1.165) is 43.3 Å². The van der Waals surface area contributed by atoms with Gasteiger partial charge < -0.3 is 4.90 Å². The van der Waals surface area contributed by atoms with E-state index in [0.29, 0.717) is 23.7 Å². The molecule has 9 heteroatoms. The van der Waals surface area contributed by atoms with Crippen LogP contribution in [-0.2, 0) is 20.1 Å². The topological polar surface area (TPSA) is 79.2 Å². The molecule has 1 aliphatic rings. The van der Waals surface area contributed by atoms with Gasteiger partial charge in [-0.2, -0.15) is 4.98 Å². The maximum atomic E-state index is 12.8. The van der Waals surface area contributed by atoms with Gasteiger partial charge in [-0.25, -0.2) is 4.79 Å². The van der Waals surface area contributed by atoms with Gasteiger partial charge in [0.05, 0.1) is 6.54 Å². The number of aromatic nitrogens is 4. The number of piperazine rings is 1. The van der Waals surface area contributed by atoms with E-state index >= 15 is 0 Å².